The first-order valence-corrected chi connectivity index (χ1v) is 6.81. The van der Waals surface area contributed by atoms with Crippen molar-refractivity contribution < 1.29 is 4.79 Å². The predicted molar refractivity (Wildman–Crippen MR) is 71.6 cm³/mol. The van der Waals surface area contributed by atoms with Crippen LogP contribution in [0.25, 0.3) is 0 Å². The van der Waals surface area contributed by atoms with Gasteiger partial charge in [0.05, 0.1) is 0 Å². The van der Waals surface area contributed by atoms with Gasteiger partial charge in [0.15, 0.2) is 0 Å². The van der Waals surface area contributed by atoms with Crippen molar-refractivity contribution in [3.63, 3.8) is 0 Å². The van der Waals surface area contributed by atoms with Crippen LogP contribution in [-0.4, -0.2) is 18.0 Å². The zero-order chi connectivity index (χ0) is 13.1. The second-order valence-corrected chi connectivity index (χ2v) is 6.70. The minimum atomic E-state index is -0.181. The van der Waals surface area contributed by atoms with Gasteiger partial charge in [-0.05, 0) is 45.1 Å². The monoisotopic (exact) mass is 240 g/mol. The third-order valence-electron chi connectivity index (χ3n) is 4.05. The van der Waals surface area contributed by atoms with E-state index in [1.807, 2.05) is 13.8 Å². The van der Waals surface area contributed by atoms with Crippen molar-refractivity contribution >= 4 is 5.91 Å². The molecule has 0 heterocycles. The Morgan fingerprint density at radius 3 is 2.59 bits per heavy atom. The van der Waals surface area contributed by atoms with Crippen LogP contribution in [0, 0.1) is 11.3 Å². The van der Waals surface area contributed by atoms with E-state index in [2.05, 4.69) is 19.2 Å². The van der Waals surface area contributed by atoms with Gasteiger partial charge in [-0.15, -0.1) is 0 Å². The van der Waals surface area contributed by atoms with Crippen LogP contribution >= 0.6 is 0 Å². The van der Waals surface area contributed by atoms with E-state index in [1.165, 1.54) is 12.8 Å². The molecule has 3 heteroatoms. The van der Waals surface area contributed by atoms with E-state index in [9.17, 15) is 4.79 Å². The molecule has 0 radical (unpaired) electrons. The number of nitrogens with one attached hydrogen (secondary N) is 1. The summed E-state index contributed by atoms with van der Waals surface area (Å²) < 4.78 is 0. The number of rotatable bonds is 4. The van der Waals surface area contributed by atoms with Crippen molar-refractivity contribution in [2.75, 3.05) is 6.54 Å². The normalized spacial score (nSPS) is 24.4. The highest BCUT2D eigenvalue weighted by atomic mass is 16.2. The van der Waals surface area contributed by atoms with Crippen molar-refractivity contribution in [2.45, 2.75) is 65.3 Å². The standard InChI is InChI=1S/C14H28N2O/c1-13(2)8-6-5-7-11(13)12(17)16-14(3,4)9-10-15/h11H,5-10,15H2,1-4H3,(H,16,17). The van der Waals surface area contributed by atoms with Crippen LogP contribution in [0.4, 0.5) is 0 Å². The number of carbonyl (C=O) groups excluding carboxylic acids is 1. The minimum absolute atomic E-state index is 0.140. The summed E-state index contributed by atoms with van der Waals surface area (Å²) in [5.41, 5.74) is 5.53. The quantitative estimate of drug-likeness (QED) is 0.793. The Morgan fingerprint density at radius 1 is 1.41 bits per heavy atom. The summed E-state index contributed by atoms with van der Waals surface area (Å²) in [6.45, 7) is 9.14. The van der Waals surface area contributed by atoms with Crippen LogP contribution in [0.1, 0.15) is 59.8 Å². The van der Waals surface area contributed by atoms with Crippen LogP contribution < -0.4 is 11.1 Å². The van der Waals surface area contributed by atoms with E-state index in [-0.39, 0.29) is 22.8 Å². The maximum atomic E-state index is 12.4. The van der Waals surface area contributed by atoms with E-state index in [4.69, 9.17) is 5.73 Å². The lowest BCUT2D eigenvalue weighted by molar-refractivity contribution is -0.131. The Morgan fingerprint density at radius 2 is 2.06 bits per heavy atom. The third-order valence-corrected chi connectivity index (χ3v) is 4.05. The average molecular weight is 240 g/mol. The third kappa shape index (κ3) is 3.98. The zero-order valence-electron chi connectivity index (χ0n) is 11.8. The van der Waals surface area contributed by atoms with Gasteiger partial charge in [-0.25, -0.2) is 0 Å². The van der Waals surface area contributed by atoms with Gasteiger partial charge in [-0.1, -0.05) is 26.7 Å². The molecule has 1 fully saturated rings. The molecule has 0 spiro atoms. The number of hydrogen-bond donors (Lipinski definition) is 2. The van der Waals surface area contributed by atoms with Gasteiger partial charge < -0.3 is 11.1 Å². The van der Waals surface area contributed by atoms with Crippen LogP contribution in [0.2, 0.25) is 0 Å². The van der Waals surface area contributed by atoms with E-state index in [1.54, 1.807) is 0 Å². The maximum absolute atomic E-state index is 12.4. The largest absolute Gasteiger partial charge is 0.351 e. The molecule has 0 bridgehead atoms. The fourth-order valence-corrected chi connectivity index (χ4v) is 2.82. The minimum Gasteiger partial charge on any atom is -0.351 e. The van der Waals surface area contributed by atoms with Gasteiger partial charge in [0.1, 0.15) is 0 Å². The summed E-state index contributed by atoms with van der Waals surface area (Å²) in [5, 5.41) is 3.16. The number of amides is 1. The van der Waals surface area contributed by atoms with Crippen molar-refractivity contribution in [1.82, 2.24) is 5.32 Å². The molecule has 17 heavy (non-hydrogen) atoms. The Balaban J connectivity index is 2.63. The van der Waals surface area contributed by atoms with Gasteiger partial charge in [-0.2, -0.15) is 0 Å². The smallest absolute Gasteiger partial charge is 0.224 e. The molecule has 0 aromatic rings. The molecule has 100 valence electrons. The number of hydrogen-bond acceptors (Lipinski definition) is 2. The Hall–Kier alpha value is -0.570. The molecular weight excluding hydrogens is 212 g/mol. The summed E-state index contributed by atoms with van der Waals surface area (Å²) in [4.78, 5) is 12.4. The first-order valence-electron chi connectivity index (χ1n) is 6.81. The Bertz CT molecular complexity index is 271. The van der Waals surface area contributed by atoms with Crippen LogP contribution in [0.5, 0.6) is 0 Å². The predicted octanol–water partition coefficient (Wildman–Crippen LogP) is 2.45. The van der Waals surface area contributed by atoms with E-state index in [0.29, 0.717) is 6.54 Å². The second-order valence-electron chi connectivity index (χ2n) is 6.70. The molecule has 1 atom stereocenters. The molecule has 0 aromatic carbocycles. The summed E-state index contributed by atoms with van der Waals surface area (Å²) >= 11 is 0. The topological polar surface area (TPSA) is 55.1 Å². The molecule has 0 aliphatic heterocycles. The fourth-order valence-electron chi connectivity index (χ4n) is 2.82. The summed E-state index contributed by atoms with van der Waals surface area (Å²) in [6.07, 6.45) is 5.44. The summed E-state index contributed by atoms with van der Waals surface area (Å²) in [6, 6.07) is 0. The van der Waals surface area contributed by atoms with Gasteiger partial charge >= 0.3 is 0 Å². The van der Waals surface area contributed by atoms with Crippen LogP contribution in [-0.2, 0) is 4.79 Å². The number of carbonyl (C=O) groups is 1. The Kier molecular flexibility index (Phi) is 4.59. The highest BCUT2D eigenvalue weighted by Crippen LogP contribution is 2.40. The van der Waals surface area contributed by atoms with Gasteiger partial charge in [0, 0.05) is 11.5 Å². The van der Waals surface area contributed by atoms with Gasteiger partial charge in [0.25, 0.3) is 0 Å². The number of nitrogens with two attached hydrogens (primary N) is 1. The van der Waals surface area contributed by atoms with E-state index >= 15 is 0 Å². The highest BCUT2D eigenvalue weighted by Gasteiger charge is 2.38. The molecule has 0 aromatic heterocycles. The average Bonchev–Trinajstić information content (AvgIpc) is 2.15. The fraction of sp³-hybridized carbons (Fsp3) is 0.929. The first kappa shape index (κ1) is 14.5. The second kappa shape index (κ2) is 5.38. The van der Waals surface area contributed by atoms with E-state index < -0.39 is 0 Å². The highest BCUT2D eigenvalue weighted by molar-refractivity contribution is 5.80. The van der Waals surface area contributed by atoms with Gasteiger partial charge in [-0.3, -0.25) is 4.79 Å². The molecule has 1 rings (SSSR count). The van der Waals surface area contributed by atoms with Crippen molar-refractivity contribution in [1.29, 1.82) is 0 Å². The van der Waals surface area contributed by atoms with Crippen molar-refractivity contribution in [3.05, 3.63) is 0 Å². The molecule has 1 aliphatic carbocycles. The van der Waals surface area contributed by atoms with Crippen molar-refractivity contribution in [2.24, 2.45) is 17.1 Å². The molecule has 1 unspecified atom stereocenters. The lowest BCUT2D eigenvalue weighted by Gasteiger charge is -2.39. The molecule has 1 amide bonds. The maximum Gasteiger partial charge on any atom is 0.224 e. The van der Waals surface area contributed by atoms with Crippen LogP contribution in [0.3, 0.4) is 0 Å². The summed E-state index contributed by atoms with van der Waals surface area (Å²) in [5.74, 6) is 0.376. The van der Waals surface area contributed by atoms with E-state index in [0.717, 1.165) is 19.3 Å². The van der Waals surface area contributed by atoms with Crippen LogP contribution in [0.15, 0.2) is 0 Å². The summed E-state index contributed by atoms with van der Waals surface area (Å²) in [7, 11) is 0. The SMILES string of the molecule is CC(C)(CCN)NC(=O)C1CCCCC1(C)C. The molecule has 3 nitrogen and oxygen atoms in total. The first-order chi connectivity index (χ1) is 7.78. The molecule has 1 aliphatic rings. The van der Waals surface area contributed by atoms with Gasteiger partial charge in [0.2, 0.25) is 5.91 Å². The lowest BCUT2D eigenvalue weighted by Crippen LogP contribution is -2.50. The molecule has 0 saturated heterocycles. The van der Waals surface area contributed by atoms with Crippen molar-refractivity contribution in [3.8, 4) is 0 Å². The zero-order valence-corrected chi connectivity index (χ0v) is 11.8. The Labute approximate surface area is 106 Å². The lowest BCUT2D eigenvalue weighted by atomic mass is 9.68. The molecular formula is C14H28N2O. The molecule has 1 saturated carbocycles. The molecule has 3 N–H and O–H groups in total.